The maximum Gasteiger partial charge on any atom is 0.291 e. The van der Waals surface area contributed by atoms with Crippen molar-refractivity contribution in [1.82, 2.24) is 0 Å². The van der Waals surface area contributed by atoms with Gasteiger partial charge in [0, 0.05) is 21.9 Å². The van der Waals surface area contributed by atoms with E-state index >= 15 is 0 Å². The van der Waals surface area contributed by atoms with Crippen molar-refractivity contribution >= 4 is 55.2 Å². The van der Waals surface area contributed by atoms with Crippen LogP contribution in [0.1, 0.15) is 43.4 Å². The van der Waals surface area contributed by atoms with Crippen LogP contribution in [-0.2, 0) is 0 Å². The van der Waals surface area contributed by atoms with E-state index in [1.54, 1.807) is 37.4 Å². The molecule has 3 aromatic carbocycles. The largest absolute Gasteiger partial charge is 0.496 e. The first kappa shape index (κ1) is 22.9. The molecular formula is C28H22BrNO5. The van der Waals surface area contributed by atoms with Crippen LogP contribution in [0, 0.1) is 20.8 Å². The number of para-hydroxylation sites is 1. The molecule has 0 bridgehead atoms. The summed E-state index contributed by atoms with van der Waals surface area (Å²) in [5, 5.41) is 4.39. The van der Waals surface area contributed by atoms with Crippen molar-refractivity contribution < 1.29 is 23.2 Å². The van der Waals surface area contributed by atoms with Crippen LogP contribution < -0.4 is 10.1 Å². The molecule has 2 heterocycles. The van der Waals surface area contributed by atoms with Crippen LogP contribution in [0.15, 0.2) is 67.9 Å². The predicted octanol–water partition coefficient (Wildman–Crippen LogP) is 7.36. The molecule has 0 unspecified atom stereocenters. The third-order valence-electron chi connectivity index (χ3n) is 6.21. The minimum Gasteiger partial charge on any atom is -0.496 e. The molecule has 0 fully saturated rings. The average Bonchev–Trinajstić information content (AvgIpc) is 3.36. The summed E-state index contributed by atoms with van der Waals surface area (Å²) in [6.07, 6.45) is 0. The maximum atomic E-state index is 13.5. The van der Waals surface area contributed by atoms with Gasteiger partial charge in [-0.25, -0.2) is 0 Å². The van der Waals surface area contributed by atoms with E-state index in [4.69, 9.17) is 13.6 Å². The van der Waals surface area contributed by atoms with Gasteiger partial charge in [0.25, 0.3) is 5.91 Å². The van der Waals surface area contributed by atoms with Gasteiger partial charge in [0.05, 0.1) is 17.3 Å². The van der Waals surface area contributed by atoms with Crippen molar-refractivity contribution in [3.8, 4) is 5.75 Å². The minimum absolute atomic E-state index is 0.0390. The Labute approximate surface area is 210 Å². The molecule has 1 amide bonds. The smallest absolute Gasteiger partial charge is 0.291 e. The van der Waals surface area contributed by atoms with Crippen LogP contribution in [0.2, 0.25) is 0 Å². The van der Waals surface area contributed by atoms with Gasteiger partial charge in [-0.2, -0.15) is 0 Å². The van der Waals surface area contributed by atoms with Gasteiger partial charge in [-0.3, -0.25) is 9.59 Å². The number of rotatable bonds is 5. The summed E-state index contributed by atoms with van der Waals surface area (Å²) in [5.41, 5.74) is 4.76. The molecule has 35 heavy (non-hydrogen) atoms. The average molecular weight is 532 g/mol. The highest BCUT2D eigenvalue weighted by atomic mass is 79.9. The van der Waals surface area contributed by atoms with Crippen molar-refractivity contribution in [2.75, 3.05) is 12.4 Å². The Balaban J connectivity index is 1.58. The van der Waals surface area contributed by atoms with Gasteiger partial charge in [-0.15, -0.1) is 0 Å². The fourth-order valence-electron chi connectivity index (χ4n) is 4.13. The number of nitrogens with one attached hydrogen (secondary N) is 1. The van der Waals surface area contributed by atoms with E-state index in [9.17, 15) is 9.59 Å². The molecule has 0 saturated heterocycles. The summed E-state index contributed by atoms with van der Waals surface area (Å²) in [5.74, 6) is 0.0152. The Bertz CT molecular complexity index is 1640. The summed E-state index contributed by atoms with van der Waals surface area (Å²) < 4.78 is 17.8. The number of ketones is 1. The number of amides is 1. The van der Waals surface area contributed by atoms with E-state index in [0.717, 1.165) is 22.1 Å². The van der Waals surface area contributed by atoms with Crippen LogP contribution in [-0.4, -0.2) is 18.8 Å². The Morgan fingerprint density at radius 3 is 2.31 bits per heavy atom. The molecule has 7 heteroatoms. The van der Waals surface area contributed by atoms with E-state index in [1.807, 2.05) is 45.0 Å². The van der Waals surface area contributed by atoms with Gasteiger partial charge < -0.3 is 18.9 Å². The van der Waals surface area contributed by atoms with Crippen LogP contribution in [0.4, 0.5) is 5.69 Å². The first-order valence-electron chi connectivity index (χ1n) is 11.0. The van der Waals surface area contributed by atoms with Gasteiger partial charge in [0.1, 0.15) is 16.9 Å². The van der Waals surface area contributed by atoms with Crippen LogP contribution >= 0.6 is 15.9 Å². The maximum absolute atomic E-state index is 13.5. The fraction of sp³-hybridized carbons (Fsp3) is 0.143. The normalized spacial score (nSPS) is 11.2. The zero-order valence-electron chi connectivity index (χ0n) is 19.6. The number of benzene rings is 3. The highest BCUT2D eigenvalue weighted by Crippen LogP contribution is 2.35. The molecule has 6 nitrogen and oxygen atoms in total. The second-order valence-corrected chi connectivity index (χ2v) is 9.28. The van der Waals surface area contributed by atoms with Crippen molar-refractivity contribution in [3.05, 3.63) is 92.8 Å². The molecule has 1 N–H and O–H groups in total. The van der Waals surface area contributed by atoms with Gasteiger partial charge in [-0.05, 0) is 90.3 Å². The van der Waals surface area contributed by atoms with Gasteiger partial charge >= 0.3 is 0 Å². The van der Waals surface area contributed by atoms with E-state index in [-0.39, 0.29) is 17.3 Å². The number of ether oxygens (including phenoxy) is 1. The van der Waals surface area contributed by atoms with Crippen molar-refractivity contribution in [2.24, 2.45) is 0 Å². The summed E-state index contributed by atoms with van der Waals surface area (Å²) in [7, 11) is 1.55. The van der Waals surface area contributed by atoms with E-state index in [0.29, 0.717) is 38.0 Å². The van der Waals surface area contributed by atoms with Crippen LogP contribution in [0.5, 0.6) is 5.75 Å². The van der Waals surface area contributed by atoms with Crippen molar-refractivity contribution in [2.45, 2.75) is 20.8 Å². The monoisotopic (exact) mass is 531 g/mol. The number of carbonyl (C=O) groups is 2. The Hall–Kier alpha value is -3.84. The molecule has 0 aliphatic carbocycles. The zero-order chi connectivity index (χ0) is 24.9. The van der Waals surface area contributed by atoms with Gasteiger partial charge in [-0.1, -0.05) is 12.1 Å². The molecule has 2 aromatic heterocycles. The summed E-state index contributed by atoms with van der Waals surface area (Å²) in [6.45, 7) is 5.87. The molecule has 0 aliphatic rings. The molecule has 0 radical (unpaired) electrons. The second kappa shape index (κ2) is 8.74. The summed E-state index contributed by atoms with van der Waals surface area (Å²) >= 11 is 3.42. The lowest BCUT2D eigenvalue weighted by Crippen LogP contribution is -2.14. The molecule has 0 atom stereocenters. The molecule has 0 aliphatic heterocycles. The predicted molar refractivity (Wildman–Crippen MR) is 139 cm³/mol. The highest BCUT2D eigenvalue weighted by molar-refractivity contribution is 9.10. The molecule has 0 saturated carbocycles. The third kappa shape index (κ3) is 3.91. The van der Waals surface area contributed by atoms with Gasteiger partial charge in [0.2, 0.25) is 5.78 Å². The molecule has 5 rings (SSSR count). The highest BCUT2D eigenvalue weighted by Gasteiger charge is 2.26. The quantitative estimate of drug-likeness (QED) is 0.239. The summed E-state index contributed by atoms with van der Waals surface area (Å²) in [4.78, 5) is 26.8. The number of hydrogen-bond acceptors (Lipinski definition) is 5. The first-order valence-corrected chi connectivity index (χ1v) is 11.8. The lowest BCUT2D eigenvalue weighted by molar-refractivity contribution is 0.0997. The standard InChI is InChI=1S/C28H22BrNO5/c1-14-11-19-16(3)26(35-23(19)12-15(14)2)28(32)30-24-18-7-5-6-8-21(18)34-27(24)25(31)17-9-10-22(33-4)20(29)13-17/h5-13H,1-4H3,(H,30,32). The molecular weight excluding hydrogens is 510 g/mol. The number of furan rings is 2. The molecule has 0 spiro atoms. The van der Waals surface area contributed by atoms with Crippen molar-refractivity contribution in [1.29, 1.82) is 0 Å². The lowest BCUT2D eigenvalue weighted by Gasteiger charge is -2.07. The van der Waals surface area contributed by atoms with E-state index in [2.05, 4.69) is 21.2 Å². The Morgan fingerprint density at radius 1 is 0.857 bits per heavy atom. The topological polar surface area (TPSA) is 81.7 Å². The van der Waals surface area contributed by atoms with Crippen molar-refractivity contribution in [3.63, 3.8) is 0 Å². The first-order chi connectivity index (χ1) is 16.8. The number of fused-ring (bicyclic) bond motifs is 2. The number of aryl methyl sites for hydroxylation is 3. The third-order valence-corrected chi connectivity index (χ3v) is 6.83. The minimum atomic E-state index is -0.453. The van der Waals surface area contributed by atoms with Crippen LogP contribution in [0.3, 0.4) is 0 Å². The fourth-order valence-corrected chi connectivity index (χ4v) is 4.67. The second-order valence-electron chi connectivity index (χ2n) is 8.42. The number of hydrogen-bond donors (Lipinski definition) is 1. The van der Waals surface area contributed by atoms with E-state index < -0.39 is 5.91 Å². The zero-order valence-corrected chi connectivity index (χ0v) is 21.2. The number of methoxy groups -OCH3 is 1. The SMILES string of the molecule is COc1ccc(C(=O)c2oc3ccccc3c2NC(=O)c2oc3cc(C)c(C)cc3c2C)cc1Br. The van der Waals surface area contributed by atoms with E-state index in [1.165, 1.54) is 0 Å². The Kier molecular flexibility index (Phi) is 5.73. The number of halogens is 1. The lowest BCUT2D eigenvalue weighted by atomic mass is 10.0. The summed E-state index contributed by atoms with van der Waals surface area (Å²) in [6, 6.07) is 16.1. The Morgan fingerprint density at radius 2 is 1.57 bits per heavy atom. The van der Waals surface area contributed by atoms with Gasteiger partial charge in [0.15, 0.2) is 11.5 Å². The molecule has 5 aromatic rings. The molecule has 176 valence electrons. The number of anilines is 1. The van der Waals surface area contributed by atoms with Crippen LogP contribution in [0.25, 0.3) is 21.9 Å². The number of carbonyl (C=O) groups excluding carboxylic acids is 2.